The van der Waals surface area contributed by atoms with Crippen LogP contribution in [0.15, 0.2) is 23.1 Å². The van der Waals surface area contributed by atoms with E-state index in [1.165, 1.54) is 12.1 Å². The maximum absolute atomic E-state index is 11.4. The van der Waals surface area contributed by atoms with E-state index in [0.717, 1.165) is 25.3 Å². The fraction of sp³-hybridized carbons (Fsp3) is 0.538. The molecule has 2 saturated heterocycles. The first-order valence-corrected chi connectivity index (χ1v) is 8.71. The van der Waals surface area contributed by atoms with E-state index in [-0.39, 0.29) is 10.6 Å². The van der Waals surface area contributed by atoms with Crippen LogP contribution in [0.5, 0.6) is 0 Å². The molecule has 120 valence electrons. The van der Waals surface area contributed by atoms with Crippen molar-refractivity contribution >= 4 is 21.4 Å². The molecular formula is C13H18N4O4S. The predicted octanol–water partition coefficient (Wildman–Crippen LogP) is 0.573. The largest absolute Gasteiger partial charge is 0.364 e. The molecule has 0 radical (unpaired) electrons. The molecule has 1 aromatic rings. The average molecular weight is 326 g/mol. The summed E-state index contributed by atoms with van der Waals surface area (Å²) in [5, 5.41) is 19.9. The second kappa shape index (κ2) is 5.49. The van der Waals surface area contributed by atoms with Gasteiger partial charge < -0.3 is 10.2 Å². The number of anilines is 1. The first kappa shape index (κ1) is 15.2. The van der Waals surface area contributed by atoms with Gasteiger partial charge in [0, 0.05) is 31.2 Å². The minimum Gasteiger partial charge on any atom is -0.364 e. The van der Waals surface area contributed by atoms with E-state index in [0.29, 0.717) is 30.9 Å². The van der Waals surface area contributed by atoms with Crippen LogP contribution in [0.1, 0.15) is 19.3 Å². The first-order chi connectivity index (χ1) is 10.3. The normalized spacial score (nSPS) is 25.0. The standard InChI is InChI=1S/C13H18N4O4S/c14-22(20,21)11-3-4-12(13(7-11)17(18)19)16-6-5-9-1-2-10(8-16)15-9/h3-4,7,9-10,15H,1-2,5-6,8H2,(H2,14,20,21). The van der Waals surface area contributed by atoms with Gasteiger partial charge in [-0.2, -0.15) is 0 Å². The van der Waals surface area contributed by atoms with Crippen LogP contribution in [-0.2, 0) is 10.0 Å². The summed E-state index contributed by atoms with van der Waals surface area (Å²) in [5.74, 6) is 0. The van der Waals surface area contributed by atoms with Crippen molar-refractivity contribution < 1.29 is 13.3 Å². The SMILES string of the molecule is NS(=O)(=O)c1ccc(N2CCC3CCC(C2)N3)c([N+](=O)[O-])c1. The Kier molecular flexibility index (Phi) is 3.79. The van der Waals surface area contributed by atoms with Gasteiger partial charge in [0.05, 0.1) is 9.82 Å². The number of hydrogen-bond donors (Lipinski definition) is 2. The zero-order chi connectivity index (χ0) is 15.9. The van der Waals surface area contributed by atoms with Gasteiger partial charge in [-0.1, -0.05) is 0 Å². The molecule has 2 unspecified atom stereocenters. The zero-order valence-corrected chi connectivity index (χ0v) is 12.8. The highest BCUT2D eigenvalue weighted by molar-refractivity contribution is 7.89. The molecule has 3 N–H and O–H groups in total. The minimum atomic E-state index is -3.96. The predicted molar refractivity (Wildman–Crippen MR) is 81.2 cm³/mol. The molecule has 2 aliphatic heterocycles. The van der Waals surface area contributed by atoms with E-state index >= 15 is 0 Å². The summed E-state index contributed by atoms with van der Waals surface area (Å²) in [5.41, 5.74) is 0.232. The molecule has 3 rings (SSSR count). The van der Waals surface area contributed by atoms with Gasteiger partial charge in [-0.15, -0.1) is 0 Å². The lowest BCUT2D eigenvalue weighted by Crippen LogP contribution is -2.35. The fourth-order valence-corrected chi connectivity index (χ4v) is 3.79. The number of nitrogens with two attached hydrogens (primary N) is 1. The minimum absolute atomic E-state index is 0.218. The van der Waals surface area contributed by atoms with E-state index in [2.05, 4.69) is 5.32 Å². The van der Waals surface area contributed by atoms with Crippen molar-refractivity contribution in [3.05, 3.63) is 28.3 Å². The van der Waals surface area contributed by atoms with Crippen LogP contribution in [0.4, 0.5) is 11.4 Å². The van der Waals surface area contributed by atoms with Crippen LogP contribution < -0.4 is 15.4 Å². The maximum atomic E-state index is 11.4. The number of primary sulfonamides is 1. The molecule has 22 heavy (non-hydrogen) atoms. The molecule has 0 amide bonds. The van der Waals surface area contributed by atoms with Crippen molar-refractivity contribution in [2.75, 3.05) is 18.0 Å². The van der Waals surface area contributed by atoms with Gasteiger partial charge in [0.25, 0.3) is 5.69 Å². The maximum Gasteiger partial charge on any atom is 0.293 e. The number of hydrogen-bond acceptors (Lipinski definition) is 6. The van der Waals surface area contributed by atoms with Gasteiger partial charge in [0.15, 0.2) is 0 Å². The van der Waals surface area contributed by atoms with E-state index in [4.69, 9.17) is 5.14 Å². The molecule has 2 heterocycles. The third kappa shape index (κ3) is 2.92. The van der Waals surface area contributed by atoms with Crippen molar-refractivity contribution in [1.29, 1.82) is 0 Å². The van der Waals surface area contributed by atoms with Crippen molar-refractivity contribution in [2.45, 2.75) is 36.2 Å². The monoisotopic (exact) mass is 326 g/mol. The number of fused-ring (bicyclic) bond motifs is 2. The van der Waals surface area contributed by atoms with Gasteiger partial charge in [0.1, 0.15) is 5.69 Å². The molecule has 2 bridgehead atoms. The molecule has 9 heteroatoms. The summed E-state index contributed by atoms with van der Waals surface area (Å²) in [4.78, 5) is 12.5. The Morgan fingerprint density at radius 3 is 2.68 bits per heavy atom. The number of nitrogens with zero attached hydrogens (tertiary/aromatic N) is 2. The molecule has 1 aromatic carbocycles. The fourth-order valence-electron chi connectivity index (χ4n) is 3.26. The van der Waals surface area contributed by atoms with Crippen molar-refractivity contribution in [1.82, 2.24) is 5.32 Å². The number of nitrogens with one attached hydrogen (secondary N) is 1. The quantitative estimate of drug-likeness (QED) is 0.619. The summed E-state index contributed by atoms with van der Waals surface area (Å²) in [7, 11) is -3.96. The van der Waals surface area contributed by atoms with Crippen molar-refractivity contribution in [2.24, 2.45) is 5.14 Å². The lowest BCUT2D eigenvalue weighted by Gasteiger charge is -2.26. The van der Waals surface area contributed by atoms with Gasteiger partial charge in [-0.25, -0.2) is 13.6 Å². The van der Waals surface area contributed by atoms with Crippen molar-refractivity contribution in [3.8, 4) is 0 Å². The Balaban J connectivity index is 1.97. The number of benzene rings is 1. The molecule has 2 fully saturated rings. The lowest BCUT2D eigenvalue weighted by molar-refractivity contribution is -0.384. The van der Waals surface area contributed by atoms with Gasteiger partial charge in [-0.3, -0.25) is 10.1 Å². The molecule has 0 saturated carbocycles. The second-order valence-corrected chi connectivity index (χ2v) is 7.39. The Morgan fingerprint density at radius 2 is 2.00 bits per heavy atom. The van der Waals surface area contributed by atoms with Crippen LogP contribution in [0, 0.1) is 10.1 Å². The van der Waals surface area contributed by atoms with Gasteiger partial charge in [0.2, 0.25) is 10.0 Å². The number of nitro benzene ring substituents is 1. The topological polar surface area (TPSA) is 119 Å². The lowest BCUT2D eigenvalue weighted by atomic mass is 10.1. The Morgan fingerprint density at radius 1 is 1.27 bits per heavy atom. The molecular weight excluding hydrogens is 308 g/mol. The van der Waals surface area contributed by atoms with Crippen LogP contribution >= 0.6 is 0 Å². The van der Waals surface area contributed by atoms with Crippen LogP contribution in [-0.4, -0.2) is 38.5 Å². The van der Waals surface area contributed by atoms with Crippen LogP contribution in [0.25, 0.3) is 0 Å². The van der Waals surface area contributed by atoms with Crippen molar-refractivity contribution in [3.63, 3.8) is 0 Å². The molecule has 0 aromatic heterocycles. The summed E-state index contributed by atoms with van der Waals surface area (Å²) >= 11 is 0. The Labute approximate surface area is 128 Å². The third-order valence-electron chi connectivity index (χ3n) is 4.34. The molecule has 2 atom stereocenters. The smallest absolute Gasteiger partial charge is 0.293 e. The molecule has 8 nitrogen and oxygen atoms in total. The zero-order valence-electron chi connectivity index (χ0n) is 11.9. The summed E-state index contributed by atoms with van der Waals surface area (Å²) in [6.45, 7) is 1.40. The highest BCUT2D eigenvalue weighted by Crippen LogP contribution is 2.33. The third-order valence-corrected chi connectivity index (χ3v) is 5.25. The Hall–Kier alpha value is -1.71. The Bertz CT molecular complexity index is 706. The molecule has 0 aliphatic carbocycles. The summed E-state index contributed by atoms with van der Waals surface area (Å²) < 4.78 is 22.8. The second-order valence-electron chi connectivity index (χ2n) is 5.83. The first-order valence-electron chi connectivity index (χ1n) is 7.17. The van der Waals surface area contributed by atoms with Gasteiger partial charge in [-0.05, 0) is 31.4 Å². The molecule has 0 spiro atoms. The van der Waals surface area contributed by atoms with E-state index in [1.54, 1.807) is 0 Å². The number of nitro groups is 1. The van der Waals surface area contributed by atoms with E-state index in [9.17, 15) is 18.5 Å². The number of sulfonamides is 1. The van der Waals surface area contributed by atoms with Crippen LogP contribution in [0.3, 0.4) is 0 Å². The summed E-state index contributed by atoms with van der Waals surface area (Å²) in [6, 6.07) is 4.65. The number of rotatable bonds is 3. The average Bonchev–Trinajstić information content (AvgIpc) is 2.76. The van der Waals surface area contributed by atoms with Crippen LogP contribution in [0.2, 0.25) is 0 Å². The van der Waals surface area contributed by atoms with E-state index < -0.39 is 14.9 Å². The highest BCUT2D eigenvalue weighted by atomic mass is 32.2. The molecule has 2 aliphatic rings. The van der Waals surface area contributed by atoms with E-state index in [1.807, 2.05) is 4.90 Å². The summed E-state index contributed by atoms with van der Waals surface area (Å²) in [6.07, 6.45) is 3.12. The van der Waals surface area contributed by atoms with Gasteiger partial charge >= 0.3 is 0 Å². The highest BCUT2D eigenvalue weighted by Gasteiger charge is 2.32.